The molecule has 0 atom stereocenters. The number of hydrogen-bond acceptors (Lipinski definition) is 3. The standard InChI is InChI=1S/C27H26N2OS/c1-18-10-12-19(13-11-18)23-24(20-8-6-5-7-9-20)31-26(28-23)29-25(30)21-14-16-22(17-15-21)27(2,3)4/h5-17H,1-4H3,(H,28,29,30). The quantitative estimate of drug-likeness (QED) is 0.371. The summed E-state index contributed by atoms with van der Waals surface area (Å²) in [5.41, 5.74) is 6.09. The molecule has 3 aromatic carbocycles. The maximum Gasteiger partial charge on any atom is 0.257 e. The molecule has 1 heterocycles. The molecule has 4 aromatic rings. The highest BCUT2D eigenvalue weighted by Gasteiger charge is 2.18. The fourth-order valence-corrected chi connectivity index (χ4v) is 4.34. The van der Waals surface area contributed by atoms with Gasteiger partial charge in [-0.3, -0.25) is 10.1 Å². The van der Waals surface area contributed by atoms with E-state index in [1.807, 2.05) is 42.5 Å². The lowest BCUT2D eigenvalue weighted by Crippen LogP contribution is -2.14. The van der Waals surface area contributed by atoms with Gasteiger partial charge in [0.15, 0.2) is 5.13 Å². The zero-order valence-electron chi connectivity index (χ0n) is 18.3. The van der Waals surface area contributed by atoms with E-state index >= 15 is 0 Å². The molecular formula is C27H26N2OS. The van der Waals surface area contributed by atoms with Gasteiger partial charge in [0, 0.05) is 11.1 Å². The third-order valence-electron chi connectivity index (χ3n) is 5.22. The van der Waals surface area contributed by atoms with Crippen molar-refractivity contribution < 1.29 is 4.79 Å². The third kappa shape index (κ3) is 4.75. The van der Waals surface area contributed by atoms with E-state index in [0.29, 0.717) is 10.7 Å². The lowest BCUT2D eigenvalue weighted by Gasteiger charge is -2.18. The molecule has 4 rings (SSSR count). The molecule has 0 aliphatic heterocycles. The minimum Gasteiger partial charge on any atom is -0.298 e. The molecule has 1 aromatic heterocycles. The van der Waals surface area contributed by atoms with Gasteiger partial charge in [0.05, 0.1) is 10.6 Å². The van der Waals surface area contributed by atoms with E-state index in [-0.39, 0.29) is 11.3 Å². The van der Waals surface area contributed by atoms with Gasteiger partial charge in [0.2, 0.25) is 0 Å². The monoisotopic (exact) mass is 426 g/mol. The van der Waals surface area contributed by atoms with Crippen LogP contribution in [0, 0.1) is 6.92 Å². The van der Waals surface area contributed by atoms with E-state index in [9.17, 15) is 4.79 Å². The number of aryl methyl sites for hydroxylation is 1. The Bertz CT molecular complexity index is 1180. The molecule has 1 N–H and O–H groups in total. The number of thiazole rings is 1. The van der Waals surface area contributed by atoms with Crippen molar-refractivity contribution in [3.05, 3.63) is 95.6 Å². The molecular weight excluding hydrogens is 400 g/mol. The van der Waals surface area contributed by atoms with Crippen LogP contribution in [0.4, 0.5) is 5.13 Å². The van der Waals surface area contributed by atoms with Gasteiger partial charge in [-0.1, -0.05) is 104 Å². The number of aromatic nitrogens is 1. The number of nitrogens with one attached hydrogen (secondary N) is 1. The summed E-state index contributed by atoms with van der Waals surface area (Å²) in [5, 5.41) is 3.59. The summed E-state index contributed by atoms with van der Waals surface area (Å²) in [5.74, 6) is -0.149. The molecule has 0 saturated carbocycles. The molecule has 0 spiro atoms. The molecule has 0 radical (unpaired) electrons. The molecule has 0 saturated heterocycles. The van der Waals surface area contributed by atoms with Crippen LogP contribution in [-0.4, -0.2) is 10.9 Å². The average molecular weight is 427 g/mol. The van der Waals surface area contributed by atoms with Crippen LogP contribution < -0.4 is 5.32 Å². The predicted molar refractivity (Wildman–Crippen MR) is 131 cm³/mol. The third-order valence-corrected chi connectivity index (χ3v) is 6.24. The average Bonchev–Trinajstić information content (AvgIpc) is 3.18. The largest absolute Gasteiger partial charge is 0.298 e. The molecule has 156 valence electrons. The zero-order chi connectivity index (χ0) is 22.0. The van der Waals surface area contributed by atoms with Crippen LogP contribution in [-0.2, 0) is 5.41 Å². The minimum atomic E-state index is -0.149. The first-order valence-corrected chi connectivity index (χ1v) is 11.2. The SMILES string of the molecule is Cc1ccc(-c2nc(NC(=O)c3ccc(C(C)(C)C)cc3)sc2-c2ccccc2)cc1. The summed E-state index contributed by atoms with van der Waals surface area (Å²) in [6.07, 6.45) is 0. The Morgan fingerprint density at radius 1 is 0.839 bits per heavy atom. The van der Waals surface area contributed by atoms with Crippen molar-refractivity contribution in [2.75, 3.05) is 5.32 Å². The van der Waals surface area contributed by atoms with Gasteiger partial charge < -0.3 is 0 Å². The van der Waals surface area contributed by atoms with Crippen LogP contribution >= 0.6 is 11.3 Å². The summed E-state index contributed by atoms with van der Waals surface area (Å²) in [6, 6.07) is 26.3. The lowest BCUT2D eigenvalue weighted by atomic mass is 9.87. The highest BCUT2D eigenvalue weighted by atomic mass is 32.1. The Kier molecular flexibility index (Phi) is 5.75. The fourth-order valence-electron chi connectivity index (χ4n) is 3.36. The van der Waals surface area contributed by atoms with Gasteiger partial charge in [-0.25, -0.2) is 4.98 Å². The second kappa shape index (κ2) is 8.48. The maximum absolute atomic E-state index is 12.9. The van der Waals surface area contributed by atoms with Crippen molar-refractivity contribution in [1.82, 2.24) is 4.98 Å². The first-order chi connectivity index (χ1) is 14.8. The predicted octanol–water partition coefficient (Wildman–Crippen LogP) is 7.34. The van der Waals surface area contributed by atoms with Crippen molar-refractivity contribution in [2.24, 2.45) is 0 Å². The van der Waals surface area contributed by atoms with E-state index < -0.39 is 0 Å². The number of anilines is 1. The summed E-state index contributed by atoms with van der Waals surface area (Å²) in [4.78, 5) is 18.7. The summed E-state index contributed by atoms with van der Waals surface area (Å²) < 4.78 is 0. The zero-order valence-corrected chi connectivity index (χ0v) is 19.1. The summed E-state index contributed by atoms with van der Waals surface area (Å²) in [6.45, 7) is 8.56. The van der Waals surface area contributed by atoms with E-state index in [1.165, 1.54) is 22.5 Å². The van der Waals surface area contributed by atoms with Gasteiger partial charge >= 0.3 is 0 Å². The Balaban J connectivity index is 1.66. The van der Waals surface area contributed by atoms with Crippen molar-refractivity contribution in [1.29, 1.82) is 0 Å². The molecule has 0 aliphatic rings. The van der Waals surface area contributed by atoms with Crippen LogP contribution in [0.1, 0.15) is 42.3 Å². The fraction of sp³-hybridized carbons (Fsp3) is 0.185. The number of hydrogen-bond donors (Lipinski definition) is 1. The first kappa shape index (κ1) is 21.0. The van der Waals surface area contributed by atoms with E-state index in [2.05, 4.69) is 69.4 Å². The highest BCUT2D eigenvalue weighted by Crippen LogP contribution is 2.39. The van der Waals surface area contributed by atoms with Crippen LogP contribution in [0.3, 0.4) is 0 Å². The Hall–Kier alpha value is -3.24. The van der Waals surface area contributed by atoms with Crippen LogP contribution in [0.15, 0.2) is 78.9 Å². The van der Waals surface area contributed by atoms with Crippen molar-refractivity contribution in [3.63, 3.8) is 0 Å². The second-order valence-electron chi connectivity index (χ2n) is 8.71. The molecule has 0 fully saturated rings. The van der Waals surface area contributed by atoms with Crippen LogP contribution in [0.2, 0.25) is 0 Å². The number of carbonyl (C=O) groups is 1. The molecule has 0 unspecified atom stereocenters. The van der Waals surface area contributed by atoms with Crippen LogP contribution in [0.25, 0.3) is 21.7 Å². The van der Waals surface area contributed by atoms with E-state index in [4.69, 9.17) is 4.98 Å². The van der Waals surface area contributed by atoms with E-state index in [0.717, 1.165) is 21.7 Å². The smallest absolute Gasteiger partial charge is 0.257 e. The lowest BCUT2D eigenvalue weighted by molar-refractivity contribution is 0.102. The first-order valence-electron chi connectivity index (χ1n) is 10.4. The maximum atomic E-state index is 12.9. The molecule has 3 nitrogen and oxygen atoms in total. The summed E-state index contributed by atoms with van der Waals surface area (Å²) in [7, 11) is 0. The molecule has 0 bridgehead atoms. The topological polar surface area (TPSA) is 42.0 Å². The highest BCUT2D eigenvalue weighted by molar-refractivity contribution is 7.19. The molecule has 31 heavy (non-hydrogen) atoms. The summed E-state index contributed by atoms with van der Waals surface area (Å²) >= 11 is 1.50. The van der Waals surface area contributed by atoms with Crippen LogP contribution in [0.5, 0.6) is 0 Å². The Morgan fingerprint density at radius 2 is 1.48 bits per heavy atom. The van der Waals surface area contributed by atoms with Crippen molar-refractivity contribution >= 4 is 22.4 Å². The normalized spacial score (nSPS) is 11.4. The number of amides is 1. The van der Waals surface area contributed by atoms with Crippen molar-refractivity contribution in [2.45, 2.75) is 33.1 Å². The number of nitrogens with zero attached hydrogens (tertiary/aromatic N) is 1. The van der Waals surface area contributed by atoms with Gasteiger partial charge in [-0.05, 0) is 35.6 Å². The van der Waals surface area contributed by atoms with Gasteiger partial charge in [0.1, 0.15) is 0 Å². The van der Waals surface area contributed by atoms with E-state index in [1.54, 1.807) is 0 Å². The number of carbonyl (C=O) groups excluding carboxylic acids is 1. The van der Waals surface area contributed by atoms with Gasteiger partial charge in [-0.15, -0.1) is 0 Å². The Labute approximate surface area is 187 Å². The molecule has 4 heteroatoms. The molecule has 1 amide bonds. The minimum absolute atomic E-state index is 0.0534. The van der Waals surface area contributed by atoms with Crippen molar-refractivity contribution in [3.8, 4) is 21.7 Å². The van der Waals surface area contributed by atoms with Gasteiger partial charge in [0.25, 0.3) is 5.91 Å². The van der Waals surface area contributed by atoms with Gasteiger partial charge in [-0.2, -0.15) is 0 Å². The Morgan fingerprint density at radius 3 is 2.10 bits per heavy atom. The number of rotatable bonds is 4. The molecule has 0 aliphatic carbocycles. The second-order valence-corrected chi connectivity index (χ2v) is 9.71. The number of benzene rings is 3.